The van der Waals surface area contributed by atoms with Gasteiger partial charge in [-0.2, -0.15) is 0 Å². The van der Waals surface area contributed by atoms with Gasteiger partial charge in [-0.1, -0.05) is 24.3 Å². The molecule has 0 radical (unpaired) electrons. The number of carbonyl (C=O) groups excluding carboxylic acids is 1. The summed E-state index contributed by atoms with van der Waals surface area (Å²) in [5.41, 5.74) is 2.60. The minimum Gasteiger partial charge on any atom is -0.444 e. The molecule has 138 valence electrons. The van der Waals surface area contributed by atoms with Gasteiger partial charge in [-0.05, 0) is 58.0 Å². The maximum atomic E-state index is 12.1. The predicted octanol–water partition coefficient (Wildman–Crippen LogP) is 5.74. The summed E-state index contributed by atoms with van der Waals surface area (Å²) < 4.78 is 5.39. The molecule has 5 heteroatoms. The molecule has 0 saturated carbocycles. The minimum atomic E-state index is -0.503. The topological polar surface area (TPSA) is 54.1 Å². The van der Waals surface area contributed by atoms with E-state index in [1.165, 1.54) is 21.4 Å². The Kier molecular flexibility index (Phi) is 4.84. The van der Waals surface area contributed by atoms with E-state index in [9.17, 15) is 4.79 Å². The fourth-order valence-corrected chi connectivity index (χ4v) is 3.85. The van der Waals surface area contributed by atoms with Crippen LogP contribution >= 0.6 is 11.3 Å². The van der Waals surface area contributed by atoms with Gasteiger partial charge in [0, 0.05) is 27.6 Å². The molecule has 0 spiro atoms. The van der Waals surface area contributed by atoms with Crippen LogP contribution in [0.15, 0.2) is 41.9 Å². The molecular weight excluding hydrogens is 344 g/mol. The molecule has 3 rings (SSSR count). The number of carbonyl (C=O) groups is 1. The number of alkyl carbamates (subject to hydrolysis) is 1. The second kappa shape index (κ2) is 6.80. The van der Waals surface area contributed by atoms with Crippen molar-refractivity contribution in [2.45, 2.75) is 52.2 Å². The number of hydrogen-bond acceptors (Lipinski definition) is 3. The molecule has 2 aromatic heterocycles. The first kappa shape index (κ1) is 18.5. The molecule has 0 unspecified atom stereocenters. The van der Waals surface area contributed by atoms with Crippen LogP contribution in [0.25, 0.3) is 21.3 Å². The number of fused-ring (bicyclic) bond motifs is 1. The molecule has 4 nitrogen and oxygen atoms in total. The van der Waals surface area contributed by atoms with Gasteiger partial charge in [0.15, 0.2) is 0 Å². The van der Waals surface area contributed by atoms with Gasteiger partial charge in [0.2, 0.25) is 0 Å². The van der Waals surface area contributed by atoms with E-state index in [2.05, 4.69) is 46.0 Å². The quantitative estimate of drug-likeness (QED) is 0.615. The summed E-state index contributed by atoms with van der Waals surface area (Å²) in [7, 11) is 0. The van der Waals surface area contributed by atoms with E-state index in [1.54, 1.807) is 11.3 Å². The Hall–Kier alpha value is -2.27. The zero-order valence-corrected chi connectivity index (χ0v) is 16.8. The van der Waals surface area contributed by atoms with E-state index in [0.717, 1.165) is 5.52 Å². The Morgan fingerprint density at radius 2 is 1.92 bits per heavy atom. The van der Waals surface area contributed by atoms with Gasteiger partial charge in [0.1, 0.15) is 5.60 Å². The van der Waals surface area contributed by atoms with E-state index in [1.807, 2.05) is 40.8 Å². The van der Waals surface area contributed by atoms with E-state index in [4.69, 9.17) is 4.74 Å². The van der Waals surface area contributed by atoms with Crippen LogP contribution in [0.5, 0.6) is 0 Å². The third-order valence-corrected chi connectivity index (χ3v) is 4.96. The average molecular weight is 371 g/mol. The minimum absolute atomic E-state index is 0.387. The van der Waals surface area contributed by atoms with Gasteiger partial charge in [-0.15, -0.1) is 11.3 Å². The van der Waals surface area contributed by atoms with Crippen molar-refractivity contribution in [3.63, 3.8) is 0 Å². The van der Waals surface area contributed by atoms with Crippen LogP contribution in [0.1, 0.15) is 40.2 Å². The third kappa shape index (κ3) is 4.28. The number of amides is 1. The Bertz CT molecular complexity index is 902. The molecule has 2 heterocycles. The standard InChI is InChI=1S/C21H26N2O2S/c1-20(2,3)25-19(24)23-21(4,5)12-14-13-22-18-15(14)8-6-9-16(18)17-10-7-11-26-17/h6-11,13,22H,12H2,1-5H3,(H,23,24). The molecule has 0 bridgehead atoms. The summed E-state index contributed by atoms with van der Waals surface area (Å²) in [5, 5.41) is 6.26. The summed E-state index contributed by atoms with van der Waals surface area (Å²) in [6, 6.07) is 10.5. The molecule has 0 aliphatic rings. The number of rotatable bonds is 4. The van der Waals surface area contributed by atoms with Crippen LogP contribution in [0.2, 0.25) is 0 Å². The van der Waals surface area contributed by atoms with Crippen molar-refractivity contribution in [2.75, 3.05) is 0 Å². The van der Waals surface area contributed by atoms with Gasteiger partial charge in [-0.25, -0.2) is 4.79 Å². The van der Waals surface area contributed by atoms with Crippen molar-refractivity contribution in [3.05, 3.63) is 47.5 Å². The largest absolute Gasteiger partial charge is 0.444 e. The lowest BCUT2D eigenvalue weighted by Crippen LogP contribution is -2.47. The summed E-state index contributed by atoms with van der Waals surface area (Å²) in [5.74, 6) is 0. The fourth-order valence-electron chi connectivity index (χ4n) is 3.10. The Morgan fingerprint density at radius 3 is 2.58 bits per heavy atom. The number of thiophene rings is 1. The smallest absolute Gasteiger partial charge is 0.408 e. The second-order valence-electron chi connectivity index (χ2n) is 8.21. The van der Waals surface area contributed by atoms with Crippen molar-refractivity contribution < 1.29 is 9.53 Å². The fraction of sp³-hybridized carbons (Fsp3) is 0.381. The lowest BCUT2D eigenvalue weighted by molar-refractivity contribution is 0.0472. The maximum absolute atomic E-state index is 12.1. The highest BCUT2D eigenvalue weighted by atomic mass is 32.1. The van der Waals surface area contributed by atoms with Gasteiger partial charge < -0.3 is 15.0 Å². The molecule has 0 fully saturated rings. The normalized spacial score (nSPS) is 12.3. The van der Waals surface area contributed by atoms with Crippen LogP contribution in [-0.4, -0.2) is 22.2 Å². The highest BCUT2D eigenvalue weighted by Gasteiger charge is 2.26. The van der Waals surface area contributed by atoms with Crippen LogP contribution in [0.3, 0.4) is 0 Å². The number of ether oxygens (including phenoxy) is 1. The Labute approximate surface area is 158 Å². The van der Waals surface area contributed by atoms with Crippen molar-refractivity contribution in [3.8, 4) is 10.4 Å². The van der Waals surface area contributed by atoms with Crippen LogP contribution in [0, 0.1) is 0 Å². The number of benzene rings is 1. The number of aromatic amines is 1. The van der Waals surface area contributed by atoms with E-state index >= 15 is 0 Å². The summed E-state index contributed by atoms with van der Waals surface area (Å²) in [6.45, 7) is 9.62. The molecule has 3 aromatic rings. The van der Waals surface area contributed by atoms with Crippen molar-refractivity contribution in [1.29, 1.82) is 0 Å². The molecule has 0 aliphatic heterocycles. The SMILES string of the molecule is CC(C)(Cc1c[nH]c2c(-c3cccs3)cccc12)NC(=O)OC(C)(C)C. The number of nitrogens with one attached hydrogen (secondary N) is 2. The molecule has 0 aliphatic carbocycles. The van der Waals surface area contributed by atoms with Crippen LogP contribution in [0.4, 0.5) is 4.79 Å². The number of H-pyrrole nitrogens is 1. The molecule has 2 N–H and O–H groups in total. The highest BCUT2D eigenvalue weighted by molar-refractivity contribution is 7.13. The van der Waals surface area contributed by atoms with Crippen molar-refractivity contribution in [2.24, 2.45) is 0 Å². The molecule has 26 heavy (non-hydrogen) atoms. The number of hydrogen-bond donors (Lipinski definition) is 2. The van der Waals surface area contributed by atoms with E-state index in [0.29, 0.717) is 6.42 Å². The zero-order valence-electron chi connectivity index (χ0n) is 16.0. The molecule has 0 atom stereocenters. The van der Waals surface area contributed by atoms with Gasteiger partial charge in [0.25, 0.3) is 0 Å². The van der Waals surface area contributed by atoms with E-state index < -0.39 is 11.1 Å². The lowest BCUT2D eigenvalue weighted by atomic mass is 9.94. The monoisotopic (exact) mass is 370 g/mol. The lowest BCUT2D eigenvalue weighted by Gasteiger charge is -2.28. The Morgan fingerprint density at radius 1 is 1.15 bits per heavy atom. The molecule has 0 saturated heterocycles. The third-order valence-electron chi connectivity index (χ3n) is 4.06. The first-order valence-electron chi connectivity index (χ1n) is 8.79. The average Bonchev–Trinajstić information content (AvgIpc) is 3.14. The maximum Gasteiger partial charge on any atom is 0.408 e. The summed E-state index contributed by atoms with van der Waals surface area (Å²) >= 11 is 1.73. The summed E-state index contributed by atoms with van der Waals surface area (Å²) in [6.07, 6.45) is 2.36. The van der Waals surface area contributed by atoms with Crippen LogP contribution < -0.4 is 5.32 Å². The summed E-state index contributed by atoms with van der Waals surface area (Å²) in [4.78, 5) is 16.8. The first-order valence-corrected chi connectivity index (χ1v) is 9.67. The number of aromatic nitrogens is 1. The highest BCUT2D eigenvalue weighted by Crippen LogP contribution is 2.33. The van der Waals surface area contributed by atoms with Crippen molar-refractivity contribution in [1.82, 2.24) is 10.3 Å². The predicted molar refractivity (Wildman–Crippen MR) is 109 cm³/mol. The molecular formula is C21H26N2O2S. The van der Waals surface area contributed by atoms with Gasteiger partial charge in [0.05, 0.1) is 5.52 Å². The van der Waals surface area contributed by atoms with Gasteiger partial charge >= 0.3 is 6.09 Å². The van der Waals surface area contributed by atoms with E-state index in [-0.39, 0.29) is 6.09 Å². The van der Waals surface area contributed by atoms with Crippen LogP contribution in [-0.2, 0) is 11.2 Å². The first-order chi connectivity index (χ1) is 12.1. The Balaban J connectivity index is 1.83. The molecule has 1 amide bonds. The number of para-hydroxylation sites is 1. The van der Waals surface area contributed by atoms with Crippen molar-refractivity contribution >= 4 is 28.3 Å². The molecule has 1 aromatic carbocycles. The van der Waals surface area contributed by atoms with Gasteiger partial charge in [-0.3, -0.25) is 0 Å². The zero-order chi connectivity index (χ0) is 18.9. The second-order valence-corrected chi connectivity index (χ2v) is 9.15.